The molecular formula is C22H31N3O2. The van der Waals surface area contributed by atoms with Crippen LogP contribution in [0.4, 0.5) is 0 Å². The number of carbonyl (C=O) groups excluding carboxylic acids is 1. The highest BCUT2D eigenvalue weighted by Crippen LogP contribution is 2.19. The normalized spacial score (nSPS) is 8.85. The van der Waals surface area contributed by atoms with Gasteiger partial charge in [0.25, 0.3) is 0 Å². The van der Waals surface area contributed by atoms with E-state index < -0.39 is 5.97 Å². The molecule has 0 radical (unpaired) electrons. The molecule has 0 aromatic carbocycles. The van der Waals surface area contributed by atoms with Gasteiger partial charge in [-0.15, -0.1) is 0 Å². The molecule has 3 aromatic rings. The standard InChI is InChI=1S/C16H13N3O2.3C2H6/c1-3-11-8-12-6-7-19(15(12)18-9-11)14-5-4-13(10-17-14)16(20)21-2;3*1-2/h3-10H,1H2,2H3;3*1-2H3. The summed E-state index contributed by atoms with van der Waals surface area (Å²) in [6.45, 7) is 15.7. The maximum Gasteiger partial charge on any atom is 0.339 e. The van der Waals surface area contributed by atoms with E-state index in [0.717, 1.165) is 16.6 Å². The second kappa shape index (κ2) is 13.3. The third-order valence-electron chi connectivity index (χ3n) is 3.20. The Morgan fingerprint density at radius 3 is 2.22 bits per heavy atom. The van der Waals surface area contributed by atoms with Crippen molar-refractivity contribution in [2.45, 2.75) is 41.5 Å². The number of ether oxygens (including phenoxy) is 1. The zero-order valence-electron chi connectivity index (χ0n) is 17.5. The molecule has 146 valence electrons. The minimum absolute atomic E-state index is 0.403. The van der Waals surface area contributed by atoms with Crippen LogP contribution in [0.2, 0.25) is 0 Å². The average molecular weight is 370 g/mol. The van der Waals surface area contributed by atoms with Gasteiger partial charge in [-0.2, -0.15) is 0 Å². The van der Waals surface area contributed by atoms with Crippen LogP contribution in [-0.4, -0.2) is 27.6 Å². The zero-order valence-corrected chi connectivity index (χ0v) is 17.5. The Bertz CT molecular complexity index is 821. The molecule has 5 heteroatoms. The molecule has 0 aliphatic rings. The molecule has 0 saturated carbocycles. The molecule has 27 heavy (non-hydrogen) atoms. The highest BCUT2D eigenvalue weighted by atomic mass is 16.5. The third-order valence-corrected chi connectivity index (χ3v) is 3.20. The number of hydrogen-bond donors (Lipinski definition) is 0. The topological polar surface area (TPSA) is 57.0 Å². The second-order valence-electron chi connectivity index (χ2n) is 4.47. The Labute approximate surface area is 162 Å². The average Bonchev–Trinajstić information content (AvgIpc) is 3.20. The van der Waals surface area contributed by atoms with Gasteiger partial charge in [-0.3, -0.25) is 4.57 Å². The molecule has 0 aliphatic heterocycles. The molecule has 0 unspecified atom stereocenters. The van der Waals surface area contributed by atoms with Gasteiger partial charge < -0.3 is 4.74 Å². The first kappa shape index (κ1) is 24.1. The number of rotatable bonds is 3. The first-order valence-corrected chi connectivity index (χ1v) is 9.37. The molecule has 0 amide bonds. The summed E-state index contributed by atoms with van der Waals surface area (Å²) in [5.41, 5.74) is 2.19. The number of carbonyl (C=O) groups is 1. The van der Waals surface area contributed by atoms with Crippen molar-refractivity contribution in [2.75, 3.05) is 7.11 Å². The lowest BCUT2D eigenvalue weighted by Crippen LogP contribution is -2.03. The van der Waals surface area contributed by atoms with E-state index in [-0.39, 0.29) is 0 Å². The molecule has 0 N–H and O–H groups in total. The van der Waals surface area contributed by atoms with Gasteiger partial charge in [0.1, 0.15) is 11.5 Å². The van der Waals surface area contributed by atoms with Gasteiger partial charge in [-0.05, 0) is 29.8 Å². The van der Waals surface area contributed by atoms with Gasteiger partial charge in [0, 0.05) is 24.0 Å². The summed E-state index contributed by atoms with van der Waals surface area (Å²) in [5.74, 6) is 0.289. The van der Waals surface area contributed by atoms with Gasteiger partial charge in [0.15, 0.2) is 0 Å². The highest BCUT2D eigenvalue weighted by Gasteiger charge is 2.09. The van der Waals surface area contributed by atoms with Crippen LogP contribution in [-0.2, 0) is 4.74 Å². The summed E-state index contributed by atoms with van der Waals surface area (Å²) in [6, 6.07) is 7.41. The Morgan fingerprint density at radius 2 is 1.70 bits per heavy atom. The van der Waals surface area contributed by atoms with Crippen molar-refractivity contribution in [3.05, 3.63) is 60.6 Å². The van der Waals surface area contributed by atoms with Crippen LogP contribution in [0.1, 0.15) is 57.5 Å². The Morgan fingerprint density at radius 1 is 1.04 bits per heavy atom. The van der Waals surface area contributed by atoms with Crippen LogP contribution >= 0.6 is 0 Å². The van der Waals surface area contributed by atoms with E-state index in [1.807, 2.05) is 64.4 Å². The molecule has 0 bridgehead atoms. The molecule has 0 atom stereocenters. The van der Waals surface area contributed by atoms with Gasteiger partial charge in [-0.25, -0.2) is 14.8 Å². The van der Waals surface area contributed by atoms with Crippen molar-refractivity contribution in [1.29, 1.82) is 0 Å². The van der Waals surface area contributed by atoms with Crippen LogP contribution in [0.5, 0.6) is 0 Å². The predicted octanol–water partition coefficient (Wildman–Crippen LogP) is 5.93. The lowest BCUT2D eigenvalue weighted by atomic mass is 10.2. The number of fused-ring (bicyclic) bond motifs is 1. The Hall–Kier alpha value is -2.95. The summed E-state index contributed by atoms with van der Waals surface area (Å²) in [5, 5.41) is 1.01. The fourth-order valence-corrected chi connectivity index (χ4v) is 2.10. The minimum atomic E-state index is -0.403. The first-order chi connectivity index (χ1) is 13.2. The lowest BCUT2D eigenvalue weighted by molar-refractivity contribution is 0.0600. The van der Waals surface area contributed by atoms with Gasteiger partial charge in [-0.1, -0.05) is 54.2 Å². The molecule has 5 nitrogen and oxygen atoms in total. The summed E-state index contributed by atoms with van der Waals surface area (Å²) in [4.78, 5) is 20.1. The Balaban J connectivity index is 0.00000103. The summed E-state index contributed by atoms with van der Waals surface area (Å²) < 4.78 is 6.52. The van der Waals surface area contributed by atoms with Gasteiger partial charge in [0.05, 0.1) is 12.7 Å². The van der Waals surface area contributed by atoms with Crippen LogP contribution in [0.25, 0.3) is 22.9 Å². The number of pyridine rings is 2. The van der Waals surface area contributed by atoms with Crippen molar-refractivity contribution in [2.24, 2.45) is 0 Å². The number of methoxy groups -OCH3 is 1. The molecule has 0 aliphatic carbocycles. The molecule has 3 heterocycles. The molecule has 0 fully saturated rings. The summed E-state index contributed by atoms with van der Waals surface area (Å²) >= 11 is 0. The maximum absolute atomic E-state index is 11.4. The largest absolute Gasteiger partial charge is 0.465 e. The first-order valence-electron chi connectivity index (χ1n) is 9.37. The lowest BCUT2D eigenvalue weighted by Gasteiger charge is -2.05. The number of esters is 1. The molecule has 0 spiro atoms. The van der Waals surface area contributed by atoms with E-state index in [4.69, 9.17) is 0 Å². The van der Waals surface area contributed by atoms with Crippen LogP contribution in [0.3, 0.4) is 0 Å². The van der Waals surface area contributed by atoms with Crippen molar-refractivity contribution >= 4 is 23.1 Å². The minimum Gasteiger partial charge on any atom is -0.465 e. The van der Waals surface area contributed by atoms with Crippen molar-refractivity contribution in [1.82, 2.24) is 14.5 Å². The van der Waals surface area contributed by atoms with Crippen molar-refractivity contribution < 1.29 is 9.53 Å². The Kier molecular flexibility index (Phi) is 11.8. The second-order valence-corrected chi connectivity index (χ2v) is 4.47. The van der Waals surface area contributed by atoms with Gasteiger partial charge >= 0.3 is 5.97 Å². The third kappa shape index (κ3) is 6.06. The van der Waals surface area contributed by atoms with E-state index in [0.29, 0.717) is 11.4 Å². The van der Waals surface area contributed by atoms with Gasteiger partial charge in [0.2, 0.25) is 0 Å². The fraction of sp³-hybridized carbons (Fsp3) is 0.318. The van der Waals surface area contributed by atoms with Crippen LogP contribution in [0.15, 0.2) is 49.4 Å². The maximum atomic E-state index is 11.4. The molecular weight excluding hydrogens is 338 g/mol. The molecule has 3 aromatic heterocycles. The predicted molar refractivity (Wildman–Crippen MR) is 114 cm³/mol. The summed E-state index contributed by atoms with van der Waals surface area (Å²) in [7, 11) is 1.34. The highest BCUT2D eigenvalue weighted by molar-refractivity contribution is 5.89. The van der Waals surface area contributed by atoms with E-state index in [9.17, 15) is 4.79 Å². The fourth-order valence-electron chi connectivity index (χ4n) is 2.10. The van der Waals surface area contributed by atoms with E-state index >= 15 is 0 Å². The van der Waals surface area contributed by atoms with E-state index in [1.54, 1.807) is 24.4 Å². The zero-order chi connectivity index (χ0) is 20.8. The molecule has 0 saturated heterocycles. The summed E-state index contributed by atoms with van der Waals surface area (Å²) in [6.07, 6.45) is 6.90. The van der Waals surface area contributed by atoms with E-state index in [1.165, 1.54) is 13.3 Å². The molecule has 3 rings (SSSR count). The van der Waals surface area contributed by atoms with Crippen LogP contribution < -0.4 is 0 Å². The number of aromatic nitrogens is 3. The van der Waals surface area contributed by atoms with E-state index in [2.05, 4.69) is 21.3 Å². The SMILES string of the molecule is C=Cc1cnc2c(ccn2-c2ccc(C(=O)OC)cn2)c1.CC.CC.CC. The monoisotopic (exact) mass is 369 g/mol. The number of nitrogens with zero attached hydrogens (tertiary/aromatic N) is 3. The number of hydrogen-bond acceptors (Lipinski definition) is 4. The van der Waals surface area contributed by atoms with Crippen LogP contribution in [0, 0.1) is 0 Å². The van der Waals surface area contributed by atoms with Crippen molar-refractivity contribution in [3.63, 3.8) is 0 Å². The van der Waals surface area contributed by atoms with Crippen molar-refractivity contribution in [3.8, 4) is 5.82 Å². The smallest absolute Gasteiger partial charge is 0.339 e. The quantitative estimate of drug-likeness (QED) is 0.537.